The molecule has 4 N–H and O–H groups in total. The highest BCUT2D eigenvalue weighted by Crippen LogP contribution is 2.38. The summed E-state index contributed by atoms with van der Waals surface area (Å²) < 4.78 is 1.78. The molecule has 9 heteroatoms. The minimum atomic E-state index is -0.359. The van der Waals surface area contributed by atoms with Gasteiger partial charge in [0.2, 0.25) is 5.91 Å². The van der Waals surface area contributed by atoms with Gasteiger partial charge in [-0.25, -0.2) is 0 Å². The molecule has 4 rings (SSSR count). The molecule has 1 amide bonds. The first kappa shape index (κ1) is 21.4. The van der Waals surface area contributed by atoms with Gasteiger partial charge < -0.3 is 16.5 Å². The summed E-state index contributed by atoms with van der Waals surface area (Å²) in [5, 5.41) is 24.0. The number of allylic oxidation sites excluding steroid dienone is 1. The monoisotopic (exact) mass is 430 g/mol. The van der Waals surface area contributed by atoms with Gasteiger partial charge in [0.15, 0.2) is 11.5 Å². The zero-order valence-electron chi connectivity index (χ0n) is 18.1. The number of primary amides is 1. The highest BCUT2D eigenvalue weighted by atomic mass is 16.1. The molecule has 0 bridgehead atoms. The summed E-state index contributed by atoms with van der Waals surface area (Å²) in [7, 11) is 0. The third-order valence-electron chi connectivity index (χ3n) is 5.65. The van der Waals surface area contributed by atoms with Crippen molar-refractivity contribution in [2.24, 2.45) is 16.6 Å². The number of nitrogens with one attached hydrogen (secondary N) is 2. The number of nitrogens with zero attached hydrogens (tertiary/aromatic N) is 5. The Balaban J connectivity index is 1.56. The smallest absolute Gasteiger partial charge is 0.219 e. The fraction of sp³-hybridized carbons (Fsp3) is 0.304. The summed E-state index contributed by atoms with van der Waals surface area (Å²) in [6.07, 6.45) is 5.84. The third-order valence-corrected chi connectivity index (χ3v) is 5.65. The van der Waals surface area contributed by atoms with Crippen molar-refractivity contribution in [3.05, 3.63) is 64.8 Å². The topological polar surface area (TPSA) is 134 Å². The quantitative estimate of drug-likeness (QED) is 0.373. The molecular weight excluding hydrogens is 404 g/mol. The van der Waals surface area contributed by atoms with E-state index in [-0.39, 0.29) is 24.2 Å². The zero-order chi connectivity index (χ0) is 22.7. The molecule has 0 saturated carbocycles. The minimum absolute atomic E-state index is 0.0467. The van der Waals surface area contributed by atoms with Crippen LogP contribution in [0.4, 0.5) is 5.69 Å². The Morgan fingerprint density at radius 2 is 2.12 bits per heavy atom. The standard InChI is InChI=1S/C23H26N8O/c1-14-3-6-22-28-29-23(31(22)30-14)10-16-4-5-20-18(9-16)15(2)19(13-27-20)17(11-24)12-26-8-7-21(25)32/h3-6,9,11-13,15,19,24,26H,7-8,10H2,1-2H3,(H2,25,32)/b17-12+,24-11?. The van der Waals surface area contributed by atoms with E-state index in [1.54, 1.807) is 10.7 Å². The van der Waals surface area contributed by atoms with Crippen LogP contribution in [0.25, 0.3) is 5.65 Å². The molecule has 0 aliphatic carbocycles. The van der Waals surface area contributed by atoms with Crippen LogP contribution in [0.1, 0.15) is 41.9 Å². The number of amides is 1. The van der Waals surface area contributed by atoms with E-state index in [1.165, 1.54) is 6.21 Å². The number of carbonyl (C=O) groups excluding carboxylic acids is 1. The SMILES string of the molecule is Cc1ccc2nnc(Cc3ccc4c(c3)C(C)C(/C(C=N)=C/NCCC(N)=O)C=N4)n2n1. The molecule has 2 atom stereocenters. The number of hydrogen-bond acceptors (Lipinski definition) is 7. The van der Waals surface area contributed by atoms with Crippen molar-refractivity contribution in [2.45, 2.75) is 32.6 Å². The van der Waals surface area contributed by atoms with E-state index in [4.69, 9.17) is 11.1 Å². The second kappa shape index (κ2) is 9.09. The van der Waals surface area contributed by atoms with Crippen molar-refractivity contribution in [3.8, 4) is 0 Å². The van der Waals surface area contributed by atoms with Gasteiger partial charge in [-0.3, -0.25) is 9.79 Å². The second-order valence-corrected chi connectivity index (χ2v) is 7.98. The number of carbonyl (C=O) groups is 1. The van der Waals surface area contributed by atoms with Crippen LogP contribution in [0.2, 0.25) is 0 Å². The third kappa shape index (κ3) is 4.41. The lowest BCUT2D eigenvalue weighted by Crippen LogP contribution is -2.22. The van der Waals surface area contributed by atoms with E-state index in [0.29, 0.717) is 13.0 Å². The van der Waals surface area contributed by atoms with Crippen molar-refractivity contribution in [1.82, 2.24) is 25.1 Å². The number of nitrogens with two attached hydrogens (primary N) is 1. The lowest BCUT2D eigenvalue weighted by atomic mass is 9.80. The maximum Gasteiger partial charge on any atom is 0.219 e. The van der Waals surface area contributed by atoms with Gasteiger partial charge in [-0.1, -0.05) is 19.1 Å². The molecule has 32 heavy (non-hydrogen) atoms. The largest absolute Gasteiger partial charge is 0.390 e. The van der Waals surface area contributed by atoms with Gasteiger partial charge in [-0.15, -0.1) is 10.2 Å². The Morgan fingerprint density at radius 3 is 2.91 bits per heavy atom. The highest BCUT2D eigenvalue weighted by molar-refractivity contribution is 5.87. The Labute approximate surface area is 186 Å². The average molecular weight is 431 g/mol. The van der Waals surface area contributed by atoms with E-state index in [1.807, 2.05) is 31.3 Å². The number of rotatable bonds is 8. The lowest BCUT2D eigenvalue weighted by Gasteiger charge is -2.27. The molecule has 2 unspecified atom stereocenters. The lowest BCUT2D eigenvalue weighted by molar-refractivity contribution is -0.117. The minimum Gasteiger partial charge on any atom is -0.390 e. The number of fused-ring (bicyclic) bond motifs is 2. The van der Waals surface area contributed by atoms with Crippen LogP contribution in [0.5, 0.6) is 0 Å². The number of aromatic nitrogens is 4. The summed E-state index contributed by atoms with van der Waals surface area (Å²) in [4.78, 5) is 15.6. The van der Waals surface area contributed by atoms with E-state index in [0.717, 1.165) is 39.6 Å². The summed E-state index contributed by atoms with van der Waals surface area (Å²) in [5.74, 6) is 0.506. The van der Waals surface area contributed by atoms with Crippen LogP contribution in [0, 0.1) is 18.3 Å². The first-order chi connectivity index (χ1) is 15.5. The van der Waals surface area contributed by atoms with Gasteiger partial charge in [-0.05, 0) is 47.7 Å². The first-order valence-corrected chi connectivity index (χ1v) is 10.5. The fourth-order valence-electron chi connectivity index (χ4n) is 3.89. The van der Waals surface area contributed by atoms with E-state index in [9.17, 15) is 4.79 Å². The van der Waals surface area contributed by atoms with Crippen molar-refractivity contribution in [3.63, 3.8) is 0 Å². The predicted molar refractivity (Wildman–Crippen MR) is 124 cm³/mol. The van der Waals surface area contributed by atoms with Crippen LogP contribution in [0.15, 0.2) is 47.1 Å². The Hall–Kier alpha value is -3.88. The first-order valence-electron chi connectivity index (χ1n) is 10.5. The van der Waals surface area contributed by atoms with Crippen LogP contribution in [0.3, 0.4) is 0 Å². The Kier molecular flexibility index (Phi) is 6.07. The van der Waals surface area contributed by atoms with Gasteiger partial charge in [0, 0.05) is 43.9 Å². The maximum atomic E-state index is 10.9. The van der Waals surface area contributed by atoms with Gasteiger partial charge in [-0.2, -0.15) is 9.61 Å². The summed E-state index contributed by atoms with van der Waals surface area (Å²) >= 11 is 0. The normalized spacial score (nSPS) is 17.9. The molecule has 2 aromatic heterocycles. The molecular formula is C23H26N8O. The second-order valence-electron chi connectivity index (χ2n) is 7.98. The number of hydrogen-bond donors (Lipinski definition) is 3. The van der Waals surface area contributed by atoms with E-state index < -0.39 is 0 Å². The molecule has 1 aromatic carbocycles. The molecule has 3 aromatic rings. The van der Waals surface area contributed by atoms with Gasteiger partial charge in [0.1, 0.15) is 0 Å². The fourth-order valence-corrected chi connectivity index (χ4v) is 3.89. The van der Waals surface area contributed by atoms with Crippen molar-refractivity contribution < 1.29 is 4.79 Å². The summed E-state index contributed by atoms with van der Waals surface area (Å²) in [6, 6.07) is 10.1. The molecule has 0 spiro atoms. The van der Waals surface area contributed by atoms with Crippen LogP contribution >= 0.6 is 0 Å². The summed E-state index contributed by atoms with van der Waals surface area (Å²) in [6.45, 7) is 4.52. The van der Waals surface area contributed by atoms with Crippen LogP contribution in [-0.2, 0) is 11.2 Å². The number of aryl methyl sites for hydroxylation is 1. The van der Waals surface area contributed by atoms with Crippen molar-refractivity contribution >= 4 is 29.7 Å². The molecule has 0 saturated heterocycles. The van der Waals surface area contributed by atoms with E-state index >= 15 is 0 Å². The van der Waals surface area contributed by atoms with Gasteiger partial charge in [0.05, 0.1) is 11.4 Å². The number of aliphatic imine (C=N–C) groups is 1. The molecule has 0 fully saturated rings. The molecule has 1 aliphatic heterocycles. The molecule has 3 heterocycles. The Bertz CT molecular complexity index is 1230. The highest BCUT2D eigenvalue weighted by Gasteiger charge is 2.26. The molecule has 1 aliphatic rings. The van der Waals surface area contributed by atoms with Crippen LogP contribution < -0.4 is 11.1 Å². The van der Waals surface area contributed by atoms with E-state index in [2.05, 4.69) is 44.7 Å². The maximum absolute atomic E-state index is 10.9. The molecule has 0 radical (unpaired) electrons. The predicted octanol–water partition coefficient (Wildman–Crippen LogP) is 2.46. The zero-order valence-corrected chi connectivity index (χ0v) is 18.1. The average Bonchev–Trinajstić information content (AvgIpc) is 3.16. The van der Waals surface area contributed by atoms with Gasteiger partial charge >= 0.3 is 0 Å². The van der Waals surface area contributed by atoms with Crippen molar-refractivity contribution in [2.75, 3.05) is 6.54 Å². The summed E-state index contributed by atoms with van der Waals surface area (Å²) in [5.41, 5.74) is 10.8. The van der Waals surface area contributed by atoms with Crippen molar-refractivity contribution in [1.29, 1.82) is 5.41 Å². The Morgan fingerprint density at radius 1 is 1.28 bits per heavy atom. The molecule has 164 valence electrons. The van der Waals surface area contributed by atoms with Gasteiger partial charge in [0.25, 0.3) is 0 Å². The van der Waals surface area contributed by atoms with Crippen LogP contribution in [-0.4, -0.2) is 44.7 Å². The molecule has 9 nitrogen and oxygen atoms in total. The number of benzene rings is 1.